The van der Waals surface area contributed by atoms with Crippen molar-refractivity contribution in [1.82, 2.24) is 10.2 Å². The third kappa shape index (κ3) is 4.11. The lowest BCUT2D eigenvalue weighted by Gasteiger charge is -2.41. The van der Waals surface area contributed by atoms with Gasteiger partial charge in [-0.2, -0.15) is 0 Å². The molecule has 7 nitrogen and oxygen atoms in total. The van der Waals surface area contributed by atoms with Crippen molar-refractivity contribution in [2.24, 2.45) is 5.41 Å². The van der Waals surface area contributed by atoms with Crippen molar-refractivity contribution in [2.75, 3.05) is 25.5 Å². The van der Waals surface area contributed by atoms with E-state index < -0.39 is 6.16 Å². The number of carboxylic acid groups (broad SMARTS) is 1. The van der Waals surface area contributed by atoms with Crippen LogP contribution in [0, 0.1) is 5.41 Å². The summed E-state index contributed by atoms with van der Waals surface area (Å²) < 4.78 is 4.80. The minimum Gasteiger partial charge on any atom is -0.449 e. The minimum absolute atomic E-state index is 0.0128. The molecular formula is C23H27N3O4. The fourth-order valence-corrected chi connectivity index (χ4v) is 4.42. The highest BCUT2D eigenvalue weighted by atomic mass is 16.7. The predicted octanol–water partition coefficient (Wildman–Crippen LogP) is 3.52. The Morgan fingerprint density at radius 3 is 2.67 bits per heavy atom. The van der Waals surface area contributed by atoms with E-state index in [4.69, 9.17) is 9.84 Å². The van der Waals surface area contributed by atoms with Crippen LogP contribution in [0.15, 0.2) is 42.5 Å². The average Bonchev–Trinajstić information content (AvgIpc) is 2.65. The van der Waals surface area contributed by atoms with Gasteiger partial charge in [-0.15, -0.1) is 0 Å². The maximum absolute atomic E-state index is 12.7. The number of likely N-dealkylation sites (N-methyl/N-ethyl adjacent to an activating group) is 1. The molecule has 7 heteroatoms. The molecule has 1 saturated heterocycles. The standard InChI is InChI=1S/C23H27N3O4/c1-23(2)11-16-10-18(30-22(28)29)7-8-19(16)25-20(23)14-5-4-6-15(9-14)21(27)24-17-12-26(3)13-17/h4-10,17,20,25H,11-13H2,1-3H3,(H,24,27)(H,28,29). The summed E-state index contributed by atoms with van der Waals surface area (Å²) in [5, 5.41) is 15.5. The lowest BCUT2D eigenvalue weighted by molar-refractivity contribution is 0.0857. The van der Waals surface area contributed by atoms with Crippen LogP contribution >= 0.6 is 0 Å². The van der Waals surface area contributed by atoms with Gasteiger partial charge in [0.2, 0.25) is 0 Å². The molecule has 0 aromatic heterocycles. The van der Waals surface area contributed by atoms with Crippen LogP contribution < -0.4 is 15.4 Å². The molecular weight excluding hydrogens is 382 g/mol. The van der Waals surface area contributed by atoms with Crippen LogP contribution in [-0.4, -0.2) is 48.2 Å². The van der Waals surface area contributed by atoms with Gasteiger partial charge in [0.15, 0.2) is 0 Å². The molecule has 30 heavy (non-hydrogen) atoms. The Balaban J connectivity index is 1.55. The van der Waals surface area contributed by atoms with Crippen LogP contribution in [-0.2, 0) is 6.42 Å². The molecule has 2 aliphatic heterocycles. The number of hydrogen-bond acceptors (Lipinski definition) is 5. The maximum Gasteiger partial charge on any atom is 0.511 e. The van der Waals surface area contributed by atoms with Crippen LogP contribution in [0.25, 0.3) is 0 Å². The van der Waals surface area contributed by atoms with Gasteiger partial charge in [-0.3, -0.25) is 4.79 Å². The van der Waals surface area contributed by atoms with Gasteiger partial charge in [0.05, 0.1) is 12.1 Å². The molecule has 1 amide bonds. The molecule has 3 N–H and O–H groups in total. The number of benzene rings is 2. The smallest absolute Gasteiger partial charge is 0.449 e. The van der Waals surface area contributed by atoms with Gasteiger partial charge in [-0.05, 0) is 60.3 Å². The second-order valence-electron chi connectivity index (χ2n) is 8.95. The molecule has 158 valence electrons. The Hall–Kier alpha value is -3.06. The summed E-state index contributed by atoms with van der Waals surface area (Å²) in [4.78, 5) is 25.7. The van der Waals surface area contributed by atoms with E-state index in [9.17, 15) is 9.59 Å². The molecule has 0 aliphatic carbocycles. The van der Waals surface area contributed by atoms with E-state index in [-0.39, 0.29) is 23.4 Å². The molecule has 2 aromatic carbocycles. The number of amides is 1. The molecule has 0 radical (unpaired) electrons. The second-order valence-corrected chi connectivity index (χ2v) is 8.95. The zero-order valence-electron chi connectivity index (χ0n) is 17.4. The van der Waals surface area contributed by atoms with Gasteiger partial charge in [0.25, 0.3) is 5.91 Å². The van der Waals surface area contributed by atoms with Gasteiger partial charge in [0, 0.05) is 24.3 Å². The van der Waals surface area contributed by atoms with Gasteiger partial charge in [-0.1, -0.05) is 26.0 Å². The summed E-state index contributed by atoms with van der Waals surface area (Å²) in [6.45, 7) is 6.09. The molecule has 0 spiro atoms. The van der Waals surface area contributed by atoms with Crippen LogP contribution in [0.2, 0.25) is 0 Å². The first kappa shape index (κ1) is 20.2. The lowest BCUT2D eigenvalue weighted by Crippen LogP contribution is -2.57. The van der Waals surface area contributed by atoms with Crippen molar-refractivity contribution >= 4 is 17.7 Å². The monoisotopic (exact) mass is 409 g/mol. The zero-order chi connectivity index (χ0) is 21.5. The highest BCUT2D eigenvalue weighted by molar-refractivity contribution is 5.94. The zero-order valence-corrected chi connectivity index (χ0v) is 17.4. The number of carbonyl (C=O) groups excluding carboxylic acids is 1. The first-order valence-corrected chi connectivity index (χ1v) is 10.1. The molecule has 2 aromatic rings. The number of ether oxygens (including phenoxy) is 1. The first-order valence-electron chi connectivity index (χ1n) is 10.1. The highest BCUT2D eigenvalue weighted by Crippen LogP contribution is 2.45. The Kier molecular flexibility index (Phi) is 5.15. The van der Waals surface area contributed by atoms with Crippen LogP contribution in [0.1, 0.15) is 41.4 Å². The lowest BCUT2D eigenvalue weighted by atomic mass is 9.72. The number of nitrogens with zero attached hydrogens (tertiary/aromatic N) is 1. The number of carbonyl (C=O) groups is 2. The molecule has 1 unspecified atom stereocenters. The van der Waals surface area contributed by atoms with Crippen LogP contribution in [0.3, 0.4) is 0 Å². The highest BCUT2D eigenvalue weighted by Gasteiger charge is 2.36. The average molecular weight is 409 g/mol. The first-order chi connectivity index (χ1) is 14.2. The summed E-state index contributed by atoms with van der Waals surface area (Å²) in [7, 11) is 2.04. The molecule has 1 fully saturated rings. The topological polar surface area (TPSA) is 90.9 Å². The van der Waals surface area contributed by atoms with Gasteiger partial charge in [-0.25, -0.2) is 4.79 Å². The Morgan fingerprint density at radius 2 is 1.97 bits per heavy atom. The Morgan fingerprint density at radius 1 is 1.20 bits per heavy atom. The van der Waals surface area contributed by atoms with Crippen LogP contribution in [0.4, 0.5) is 10.5 Å². The largest absolute Gasteiger partial charge is 0.511 e. The fourth-order valence-electron chi connectivity index (χ4n) is 4.42. The summed E-state index contributed by atoms with van der Waals surface area (Å²) >= 11 is 0. The Bertz CT molecular complexity index is 982. The quantitative estimate of drug-likeness (QED) is 0.529. The molecule has 0 bridgehead atoms. The third-order valence-electron chi connectivity index (χ3n) is 5.89. The number of rotatable bonds is 4. The van der Waals surface area contributed by atoms with E-state index in [1.807, 2.05) is 37.4 Å². The summed E-state index contributed by atoms with van der Waals surface area (Å²) in [6.07, 6.45) is -0.568. The summed E-state index contributed by atoms with van der Waals surface area (Å²) in [6, 6.07) is 13.3. The van der Waals surface area contributed by atoms with Crippen molar-refractivity contribution < 1.29 is 19.4 Å². The van der Waals surface area contributed by atoms with E-state index in [1.54, 1.807) is 12.1 Å². The van der Waals surface area contributed by atoms with E-state index in [0.717, 1.165) is 36.3 Å². The van der Waals surface area contributed by atoms with E-state index in [1.165, 1.54) is 0 Å². The Labute approximate surface area is 176 Å². The van der Waals surface area contributed by atoms with Gasteiger partial charge >= 0.3 is 6.16 Å². The van der Waals surface area contributed by atoms with E-state index in [0.29, 0.717) is 11.3 Å². The number of likely N-dealkylation sites (tertiary alicyclic amines) is 1. The van der Waals surface area contributed by atoms with Crippen molar-refractivity contribution in [3.05, 3.63) is 59.2 Å². The molecule has 2 heterocycles. The fraction of sp³-hybridized carbons (Fsp3) is 0.391. The minimum atomic E-state index is -1.32. The molecule has 4 rings (SSSR count). The van der Waals surface area contributed by atoms with Crippen molar-refractivity contribution in [3.8, 4) is 5.75 Å². The summed E-state index contributed by atoms with van der Waals surface area (Å²) in [5.74, 6) is 0.275. The van der Waals surface area contributed by atoms with E-state index >= 15 is 0 Å². The van der Waals surface area contributed by atoms with Crippen LogP contribution in [0.5, 0.6) is 5.75 Å². The van der Waals surface area contributed by atoms with Gasteiger partial charge in [0.1, 0.15) is 5.75 Å². The van der Waals surface area contributed by atoms with Crippen molar-refractivity contribution in [1.29, 1.82) is 0 Å². The molecule has 1 atom stereocenters. The number of fused-ring (bicyclic) bond motifs is 1. The molecule has 0 saturated carbocycles. The van der Waals surface area contributed by atoms with Crippen molar-refractivity contribution in [2.45, 2.75) is 32.4 Å². The van der Waals surface area contributed by atoms with E-state index in [2.05, 4.69) is 29.4 Å². The summed E-state index contributed by atoms with van der Waals surface area (Å²) in [5.41, 5.74) is 3.52. The number of anilines is 1. The predicted molar refractivity (Wildman–Crippen MR) is 114 cm³/mol. The second kappa shape index (κ2) is 7.65. The SMILES string of the molecule is CN1CC(NC(=O)c2cccc(C3Nc4ccc(OC(=O)O)cc4CC3(C)C)c2)C1. The molecule has 2 aliphatic rings. The maximum atomic E-state index is 12.7. The number of hydrogen-bond donors (Lipinski definition) is 3. The third-order valence-corrected chi connectivity index (χ3v) is 5.89. The number of nitrogens with one attached hydrogen (secondary N) is 2. The van der Waals surface area contributed by atoms with Gasteiger partial charge < -0.3 is 25.4 Å². The normalized spacial score (nSPS) is 20.4. The van der Waals surface area contributed by atoms with Crippen molar-refractivity contribution in [3.63, 3.8) is 0 Å².